The first kappa shape index (κ1) is 15.9. The summed E-state index contributed by atoms with van der Waals surface area (Å²) in [6, 6.07) is 7.69. The Morgan fingerprint density at radius 2 is 1.86 bits per heavy atom. The maximum Gasteiger partial charge on any atom is 0.279 e. The van der Waals surface area contributed by atoms with Crippen LogP contribution in [-0.2, 0) is 7.05 Å². The zero-order chi connectivity index (χ0) is 16.4. The Hall–Kier alpha value is -2.43. The van der Waals surface area contributed by atoms with Gasteiger partial charge in [-0.2, -0.15) is 5.10 Å². The minimum Gasteiger partial charge on any atom is -0.345 e. The van der Waals surface area contributed by atoms with Crippen molar-refractivity contribution in [2.45, 2.75) is 33.7 Å². The van der Waals surface area contributed by atoms with Gasteiger partial charge in [-0.3, -0.25) is 9.59 Å². The predicted molar refractivity (Wildman–Crippen MR) is 86.0 cm³/mol. The van der Waals surface area contributed by atoms with Crippen LogP contribution < -0.4 is 10.9 Å². The molecule has 0 bridgehead atoms. The van der Waals surface area contributed by atoms with Crippen LogP contribution in [0, 0.1) is 20.8 Å². The highest BCUT2D eigenvalue weighted by Crippen LogP contribution is 2.17. The van der Waals surface area contributed by atoms with Gasteiger partial charge in [-0.05, 0) is 44.4 Å². The number of benzene rings is 1. The molecule has 1 amide bonds. The molecule has 0 spiro atoms. The highest BCUT2D eigenvalue weighted by atomic mass is 16.2. The Morgan fingerprint density at radius 1 is 1.23 bits per heavy atom. The number of carbonyl (C=O) groups excluding carboxylic acids is 1. The number of hydrogen-bond donors (Lipinski definition) is 1. The van der Waals surface area contributed by atoms with E-state index >= 15 is 0 Å². The predicted octanol–water partition coefficient (Wildman–Crippen LogP) is 2.20. The summed E-state index contributed by atoms with van der Waals surface area (Å²) >= 11 is 0. The van der Waals surface area contributed by atoms with E-state index in [9.17, 15) is 9.59 Å². The van der Waals surface area contributed by atoms with Crippen LogP contribution in [0.1, 0.15) is 45.7 Å². The van der Waals surface area contributed by atoms with E-state index in [0.717, 1.165) is 11.1 Å². The zero-order valence-corrected chi connectivity index (χ0v) is 13.6. The number of aryl methyl sites for hydroxylation is 3. The van der Waals surface area contributed by atoms with Crippen LogP contribution in [0.5, 0.6) is 0 Å². The van der Waals surface area contributed by atoms with Crippen molar-refractivity contribution < 1.29 is 4.79 Å². The molecule has 1 unspecified atom stereocenters. The van der Waals surface area contributed by atoms with Gasteiger partial charge in [0.2, 0.25) is 0 Å². The lowest BCUT2D eigenvalue weighted by Crippen LogP contribution is -2.36. The fourth-order valence-electron chi connectivity index (χ4n) is 2.54. The van der Waals surface area contributed by atoms with Crippen molar-refractivity contribution in [1.29, 1.82) is 0 Å². The van der Waals surface area contributed by atoms with Gasteiger partial charge >= 0.3 is 0 Å². The van der Waals surface area contributed by atoms with Gasteiger partial charge in [-0.1, -0.05) is 24.3 Å². The second kappa shape index (κ2) is 6.13. The SMILES string of the molecule is Cc1ccccc1C(C)NC(=O)c1c(C)c(C)nn(C)c1=O. The van der Waals surface area contributed by atoms with E-state index in [4.69, 9.17) is 0 Å². The van der Waals surface area contributed by atoms with E-state index in [0.29, 0.717) is 11.3 Å². The number of hydrogen-bond acceptors (Lipinski definition) is 3. The second-order valence-electron chi connectivity index (χ2n) is 5.57. The van der Waals surface area contributed by atoms with Crippen molar-refractivity contribution in [3.63, 3.8) is 0 Å². The molecule has 0 fully saturated rings. The van der Waals surface area contributed by atoms with E-state index < -0.39 is 0 Å². The van der Waals surface area contributed by atoms with E-state index in [1.54, 1.807) is 20.9 Å². The summed E-state index contributed by atoms with van der Waals surface area (Å²) in [6.45, 7) is 7.44. The number of nitrogens with one attached hydrogen (secondary N) is 1. The summed E-state index contributed by atoms with van der Waals surface area (Å²) in [4.78, 5) is 24.7. The van der Waals surface area contributed by atoms with Crippen molar-refractivity contribution in [3.05, 3.63) is 62.6 Å². The average molecular weight is 299 g/mol. The summed E-state index contributed by atoms with van der Waals surface area (Å²) in [5.41, 5.74) is 3.23. The van der Waals surface area contributed by atoms with E-state index in [-0.39, 0.29) is 23.1 Å². The molecule has 2 rings (SSSR count). The molecular weight excluding hydrogens is 278 g/mol. The molecule has 1 aromatic carbocycles. The van der Waals surface area contributed by atoms with Crippen LogP contribution in [0.15, 0.2) is 29.1 Å². The third-order valence-electron chi connectivity index (χ3n) is 3.96. The maximum atomic E-state index is 12.5. The summed E-state index contributed by atoms with van der Waals surface area (Å²) in [6.07, 6.45) is 0. The van der Waals surface area contributed by atoms with E-state index in [2.05, 4.69) is 10.4 Å². The first-order chi connectivity index (χ1) is 10.3. The van der Waals surface area contributed by atoms with E-state index in [1.807, 2.05) is 38.1 Å². The fourth-order valence-corrected chi connectivity index (χ4v) is 2.54. The third-order valence-corrected chi connectivity index (χ3v) is 3.96. The van der Waals surface area contributed by atoms with Crippen molar-refractivity contribution in [2.75, 3.05) is 0 Å². The average Bonchev–Trinajstić information content (AvgIpc) is 2.45. The van der Waals surface area contributed by atoms with E-state index in [1.165, 1.54) is 4.68 Å². The van der Waals surface area contributed by atoms with Crippen molar-refractivity contribution in [1.82, 2.24) is 15.1 Å². The maximum absolute atomic E-state index is 12.5. The van der Waals surface area contributed by atoms with Crippen LogP contribution in [0.3, 0.4) is 0 Å². The Balaban J connectivity index is 2.35. The van der Waals surface area contributed by atoms with Gasteiger partial charge in [0, 0.05) is 7.05 Å². The second-order valence-corrected chi connectivity index (χ2v) is 5.57. The first-order valence-electron chi connectivity index (χ1n) is 7.23. The van der Waals surface area contributed by atoms with Crippen LogP contribution in [0.25, 0.3) is 0 Å². The molecule has 116 valence electrons. The molecule has 0 aliphatic heterocycles. The molecule has 0 radical (unpaired) electrons. The Kier molecular flexibility index (Phi) is 4.45. The number of aromatic nitrogens is 2. The van der Waals surface area contributed by atoms with Gasteiger partial charge in [0.05, 0.1) is 11.7 Å². The first-order valence-corrected chi connectivity index (χ1v) is 7.23. The zero-order valence-electron chi connectivity index (χ0n) is 13.6. The van der Waals surface area contributed by atoms with Gasteiger partial charge in [0.1, 0.15) is 5.56 Å². The Morgan fingerprint density at radius 3 is 2.50 bits per heavy atom. The number of carbonyl (C=O) groups is 1. The lowest BCUT2D eigenvalue weighted by molar-refractivity contribution is 0.0936. The molecular formula is C17H21N3O2. The minimum absolute atomic E-state index is 0.162. The monoisotopic (exact) mass is 299 g/mol. The van der Waals surface area contributed by atoms with Crippen LogP contribution in [0.4, 0.5) is 0 Å². The van der Waals surface area contributed by atoms with Crippen LogP contribution in [0.2, 0.25) is 0 Å². The van der Waals surface area contributed by atoms with Gasteiger partial charge in [-0.25, -0.2) is 4.68 Å². The molecule has 1 N–H and O–H groups in total. The molecule has 1 heterocycles. The standard InChI is InChI=1S/C17H21N3O2/c1-10-8-6-7-9-14(10)13(4)18-16(21)15-11(2)12(3)19-20(5)17(15)22/h6-9,13H,1-5H3,(H,18,21). The molecule has 0 aliphatic carbocycles. The molecule has 5 heteroatoms. The number of nitrogens with zero attached hydrogens (tertiary/aromatic N) is 2. The molecule has 22 heavy (non-hydrogen) atoms. The van der Waals surface area contributed by atoms with Gasteiger partial charge < -0.3 is 5.32 Å². The Bertz CT molecular complexity index is 778. The summed E-state index contributed by atoms with van der Waals surface area (Å²) in [5, 5.41) is 7.00. The number of rotatable bonds is 3. The minimum atomic E-state index is -0.377. The van der Waals surface area contributed by atoms with Crippen LogP contribution >= 0.6 is 0 Å². The normalized spacial score (nSPS) is 12.0. The highest BCUT2D eigenvalue weighted by molar-refractivity contribution is 5.95. The van der Waals surface area contributed by atoms with Crippen molar-refractivity contribution in [2.24, 2.45) is 7.05 Å². The van der Waals surface area contributed by atoms with Crippen molar-refractivity contribution in [3.8, 4) is 0 Å². The molecule has 0 saturated heterocycles. The Labute approximate surface area is 130 Å². The number of amides is 1. The quantitative estimate of drug-likeness (QED) is 0.945. The highest BCUT2D eigenvalue weighted by Gasteiger charge is 2.20. The topological polar surface area (TPSA) is 64.0 Å². The molecule has 2 aromatic rings. The summed E-state index contributed by atoms with van der Waals surface area (Å²) in [5.74, 6) is -0.362. The molecule has 0 saturated carbocycles. The third kappa shape index (κ3) is 2.93. The summed E-state index contributed by atoms with van der Waals surface area (Å²) < 4.78 is 1.20. The lowest BCUT2D eigenvalue weighted by Gasteiger charge is -2.17. The fraction of sp³-hybridized carbons (Fsp3) is 0.353. The van der Waals surface area contributed by atoms with Gasteiger partial charge in [-0.15, -0.1) is 0 Å². The van der Waals surface area contributed by atoms with Crippen molar-refractivity contribution >= 4 is 5.91 Å². The summed E-state index contributed by atoms with van der Waals surface area (Å²) in [7, 11) is 1.55. The molecule has 1 aromatic heterocycles. The molecule has 0 aliphatic rings. The lowest BCUT2D eigenvalue weighted by atomic mass is 10.0. The van der Waals surface area contributed by atoms with Gasteiger partial charge in [0.25, 0.3) is 11.5 Å². The van der Waals surface area contributed by atoms with Crippen LogP contribution in [-0.4, -0.2) is 15.7 Å². The molecule has 5 nitrogen and oxygen atoms in total. The van der Waals surface area contributed by atoms with Gasteiger partial charge in [0.15, 0.2) is 0 Å². The molecule has 1 atom stereocenters. The smallest absolute Gasteiger partial charge is 0.279 e. The largest absolute Gasteiger partial charge is 0.345 e.